The van der Waals surface area contributed by atoms with Gasteiger partial charge in [-0.3, -0.25) is 0 Å². The van der Waals surface area contributed by atoms with Crippen molar-refractivity contribution in [1.29, 1.82) is 5.26 Å². The summed E-state index contributed by atoms with van der Waals surface area (Å²) in [5.74, 6) is -0.587. The van der Waals surface area contributed by atoms with Crippen LogP contribution in [-0.2, 0) is 6.42 Å². The minimum absolute atomic E-state index is 0.0727. The number of nitrogens with zero attached hydrogens (tertiary/aromatic N) is 1. The number of nitriles is 1. The van der Waals surface area contributed by atoms with Crippen molar-refractivity contribution in [2.45, 2.75) is 23.8 Å². The number of hydrogen-bond donors (Lipinski definition) is 1. The summed E-state index contributed by atoms with van der Waals surface area (Å²) in [6.07, 6.45) is 0.566. The minimum atomic E-state index is -0.710. The van der Waals surface area contributed by atoms with Crippen molar-refractivity contribution in [1.82, 2.24) is 0 Å². The van der Waals surface area contributed by atoms with E-state index in [2.05, 4.69) is 6.07 Å². The fourth-order valence-corrected chi connectivity index (χ4v) is 3.52. The van der Waals surface area contributed by atoms with Gasteiger partial charge in [0, 0.05) is 34.2 Å². The van der Waals surface area contributed by atoms with Crippen LogP contribution in [0.5, 0.6) is 11.5 Å². The molecule has 3 nitrogen and oxygen atoms in total. The molecule has 1 N–H and O–H groups in total. The average Bonchev–Trinajstić information content (AvgIpc) is 2.88. The Balaban J connectivity index is 1.96. The zero-order valence-electron chi connectivity index (χ0n) is 12.1. The lowest BCUT2D eigenvalue weighted by Crippen LogP contribution is -1.97. The molecule has 0 aliphatic heterocycles. The summed E-state index contributed by atoms with van der Waals surface area (Å²) >= 11 is 1.35. The van der Waals surface area contributed by atoms with E-state index >= 15 is 0 Å². The SMILES string of the molecule is N#CCSc1ccc(Oc2cc(F)cc(F)c2)c2c1C(O)CC2. The Morgan fingerprint density at radius 2 is 2.00 bits per heavy atom. The molecule has 1 aliphatic carbocycles. The number of fused-ring (bicyclic) bond motifs is 1. The largest absolute Gasteiger partial charge is 0.457 e. The van der Waals surface area contributed by atoms with Gasteiger partial charge in [-0.05, 0) is 25.0 Å². The zero-order chi connectivity index (χ0) is 16.4. The van der Waals surface area contributed by atoms with Crippen LogP contribution in [0.2, 0.25) is 0 Å². The van der Waals surface area contributed by atoms with Gasteiger partial charge in [-0.25, -0.2) is 8.78 Å². The van der Waals surface area contributed by atoms with Crippen LogP contribution in [0.1, 0.15) is 23.7 Å². The molecular weight excluding hydrogens is 320 g/mol. The number of aliphatic hydroxyl groups excluding tert-OH is 1. The normalized spacial score (nSPS) is 16.0. The molecule has 0 spiro atoms. The van der Waals surface area contributed by atoms with Gasteiger partial charge in [-0.2, -0.15) is 5.26 Å². The highest BCUT2D eigenvalue weighted by Crippen LogP contribution is 2.43. The molecule has 118 valence electrons. The Morgan fingerprint density at radius 3 is 2.70 bits per heavy atom. The summed E-state index contributed by atoms with van der Waals surface area (Å²) in [6, 6.07) is 8.53. The third-order valence-corrected chi connectivity index (χ3v) is 4.57. The molecule has 23 heavy (non-hydrogen) atoms. The molecule has 1 aliphatic rings. The lowest BCUT2D eigenvalue weighted by atomic mass is 10.1. The summed E-state index contributed by atoms with van der Waals surface area (Å²) in [6.45, 7) is 0. The first-order valence-electron chi connectivity index (χ1n) is 7.06. The number of hydrogen-bond acceptors (Lipinski definition) is 4. The number of benzene rings is 2. The van der Waals surface area contributed by atoms with E-state index in [9.17, 15) is 13.9 Å². The number of halogens is 2. The van der Waals surface area contributed by atoms with Crippen molar-refractivity contribution in [2.24, 2.45) is 0 Å². The molecule has 0 saturated heterocycles. The van der Waals surface area contributed by atoms with Crippen LogP contribution in [0.4, 0.5) is 8.78 Å². The van der Waals surface area contributed by atoms with Crippen LogP contribution in [-0.4, -0.2) is 10.9 Å². The standard InChI is InChI=1S/C17H13F2NO2S/c18-10-7-11(19)9-12(8-10)22-15-3-4-16(23-6-5-20)17-13(15)1-2-14(17)21/h3-4,7-9,14,21H,1-2,6H2. The molecule has 2 aromatic carbocycles. The fourth-order valence-electron chi connectivity index (χ4n) is 2.72. The highest BCUT2D eigenvalue weighted by atomic mass is 32.2. The number of ether oxygens (including phenoxy) is 1. The first kappa shape index (κ1) is 15.8. The topological polar surface area (TPSA) is 53.2 Å². The van der Waals surface area contributed by atoms with E-state index in [1.165, 1.54) is 11.8 Å². The zero-order valence-corrected chi connectivity index (χ0v) is 12.9. The van der Waals surface area contributed by atoms with Crippen molar-refractivity contribution in [3.8, 4) is 17.6 Å². The van der Waals surface area contributed by atoms with Crippen LogP contribution in [0.15, 0.2) is 35.2 Å². The molecule has 0 fully saturated rings. The Labute approximate surface area is 136 Å². The Bertz CT molecular complexity index is 769. The average molecular weight is 333 g/mol. The van der Waals surface area contributed by atoms with Crippen molar-refractivity contribution in [3.63, 3.8) is 0 Å². The van der Waals surface area contributed by atoms with Crippen LogP contribution in [0, 0.1) is 23.0 Å². The maximum absolute atomic E-state index is 13.3. The molecule has 3 rings (SSSR count). The molecule has 2 aromatic rings. The number of thioether (sulfide) groups is 1. The first-order chi connectivity index (χ1) is 11.1. The molecule has 0 heterocycles. The lowest BCUT2D eigenvalue weighted by Gasteiger charge is -2.15. The summed E-state index contributed by atoms with van der Waals surface area (Å²) in [7, 11) is 0. The van der Waals surface area contributed by atoms with Crippen LogP contribution in [0.3, 0.4) is 0 Å². The highest BCUT2D eigenvalue weighted by molar-refractivity contribution is 7.99. The summed E-state index contributed by atoms with van der Waals surface area (Å²) in [5.41, 5.74) is 1.57. The molecule has 6 heteroatoms. The van der Waals surface area contributed by atoms with Crippen LogP contribution in [0.25, 0.3) is 0 Å². The van der Waals surface area contributed by atoms with Gasteiger partial charge < -0.3 is 9.84 Å². The second-order valence-corrected chi connectivity index (χ2v) is 6.18. The summed E-state index contributed by atoms with van der Waals surface area (Å²) in [4.78, 5) is 0.837. The van der Waals surface area contributed by atoms with E-state index < -0.39 is 17.7 Å². The van der Waals surface area contributed by atoms with Gasteiger partial charge in [-0.1, -0.05) is 0 Å². The van der Waals surface area contributed by atoms with Crippen molar-refractivity contribution in [3.05, 3.63) is 53.1 Å². The first-order valence-corrected chi connectivity index (χ1v) is 8.04. The maximum Gasteiger partial charge on any atom is 0.133 e. The molecule has 0 amide bonds. The molecule has 1 unspecified atom stereocenters. The highest BCUT2D eigenvalue weighted by Gasteiger charge is 2.27. The van der Waals surface area contributed by atoms with Gasteiger partial charge >= 0.3 is 0 Å². The van der Waals surface area contributed by atoms with Crippen LogP contribution < -0.4 is 4.74 Å². The molecule has 0 radical (unpaired) electrons. The third kappa shape index (κ3) is 3.31. The second-order valence-electron chi connectivity index (χ2n) is 5.16. The predicted octanol–water partition coefficient (Wildman–Crippen LogP) is 4.35. The van der Waals surface area contributed by atoms with Crippen LogP contribution >= 0.6 is 11.8 Å². The molecule has 0 bridgehead atoms. The van der Waals surface area contributed by atoms with Gasteiger partial charge in [0.25, 0.3) is 0 Å². The van der Waals surface area contributed by atoms with Crippen molar-refractivity contribution >= 4 is 11.8 Å². The van der Waals surface area contributed by atoms with Gasteiger partial charge in [0.05, 0.1) is 17.9 Å². The Kier molecular flexibility index (Phi) is 4.51. The molecule has 1 atom stereocenters. The van der Waals surface area contributed by atoms with Gasteiger partial charge in [0.1, 0.15) is 23.1 Å². The second kappa shape index (κ2) is 6.57. The predicted molar refractivity (Wildman–Crippen MR) is 82.5 cm³/mol. The lowest BCUT2D eigenvalue weighted by molar-refractivity contribution is 0.177. The molecule has 0 aromatic heterocycles. The monoisotopic (exact) mass is 333 g/mol. The van der Waals surface area contributed by atoms with Crippen molar-refractivity contribution < 1.29 is 18.6 Å². The van der Waals surface area contributed by atoms with E-state index in [1.54, 1.807) is 12.1 Å². The van der Waals surface area contributed by atoms with E-state index in [1.807, 2.05) is 0 Å². The maximum atomic E-state index is 13.3. The smallest absolute Gasteiger partial charge is 0.133 e. The van der Waals surface area contributed by atoms with E-state index in [0.717, 1.165) is 34.2 Å². The van der Waals surface area contributed by atoms with Crippen molar-refractivity contribution in [2.75, 3.05) is 5.75 Å². The molecule has 0 saturated carbocycles. The van der Waals surface area contributed by atoms with E-state index in [4.69, 9.17) is 10.00 Å². The fraction of sp³-hybridized carbons (Fsp3) is 0.235. The summed E-state index contributed by atoms with van der Waals surface area (Å²) in [5, 5.41) is 18.9. The third-order valence-electron chi connectivity index (χ3n) is 3.63. The van der Waals surface area contributed by atoms with Gasteiger partial charge in [0.15, 0.2) is 0 Å². The Hall–Kier alpha value is -2.10. The Morgan fingerprint density at radius 1 is 1.26 bits per heavy atom. The minimum Gasteiger partial charge on any atom is -0.457 e. The van der Waals surface area contributed by atoms with E-state index in [-0.39, 0.29) is 11.5 Å². The van der Waals surface area contributed by atoms with Gasteiger partial charge in [0.2, 0.25) is 0 Å². The number of aliphatic hydroxyl groups is 1. The molecular formula is C17H13F2NO2S. The number of rotatable bonds is 4. The summed E-state index contributed by atoms with van der Waals surface area (Å²) < 4.78 is 32.2. The van der Waals surface area contributed by atoms with Gasteiger partial charge in [-0.15, -0.1) is 11.8 Å². The quantitative estimate of drug-likeness (QED) is 0.845. The van der Waals surface area contributed by atoms with E-state index in [0.29, 0.717) is 18.6 Å².